The molecule has 2 aromatic carbocycles. The van der Waals surface area contributed by atoms with E-state index >= 15 is 0 Å². The van der Waals surface area contributed by atoms with Gasteiger partial charge in [-0.25, -0.2) is 0 Å². The predicted molar refractivity (Wildman–Crippen MR) is 73.0 cm³/mol. The van der Waals surface area contributed by atoms with Crippen molar-refractivity contribution in [1.82, 2.24) is 0 Å². The molecule has 9 nitrogen and oxygen atoms in total. The van der Waals surface area contributed by atoms with Crippen molar-refractivity contribution in [2.24, 2.45) is 0 Å². The van der Waals surface area contributed by atoms with Gasteiger partial charge in [-0.05, 0) is 12.1 Å². The summed E-state index contributed by atoms with van der Waals surface area (Å²) in [5.74, 6) is -2.73. The third kappa shape index (κ3) is 2.54. The van der Waals surface area contributed by atoms with Gasteiger partial charge in [0.2, 0.25) is 5.75 Å². The van der Waals surface area contributed by atoms with Gasteiger partial charge in [-0.1, -0.05) is 12.1 Å². The minimum atomic E-state index is -0.982. The van der Waals surface area contributed by atoms with Crippen LogP contribution in [0.2, 0.25) is 0 Å². The average molecular weight is 304 g/mol. The monoisotopic (exact) mass is 304 g/mol. The third-order valence-corrected chi connectivity index (χ3v) is 2.87. The second kappa shape index (κ2) is 5.48. The van der Waals surface area contributed by atoms with Crippen molar-refractivity contribution in [1.29, 1.82) is 0 Å². The van der Waals surface area contributed by atoms with Gasteiger partial charge in [-0.3, -0.25) is 25.0 Å². The van der Waals surface area contributed by atoms with Gasteiger partial charge in [0.25, 0.3) is 5.69 Å². The van der Waals surface area contributed by atoms with Gasteiger partial charge >= 0.3 is 5.69 Å². The van der Waals surface area contributed by atoms with Gasteiger partial charge in [-0.15, -0.1) is 0 Å². The number of nitro benzene ring substituents is 2. The molecule has 0 aliphatic rings. The van der Waals surface area contributed by atoms with Crippen LogP contribution in [0.25, 0.3) is 0 Å². The van der Waals surface area contributed by atoms with E-state index in [1.54, 1.807) is 0 Å². The van der Waals surface area contributed by atoms with Crippen LogP contribution in [0.4, 0.5) is 11.4 Å². The van der Waals surface area contributed by atoms with Crippen LogP contribution in [-0.2, 0) is 0 Å². The first-order valence-corrected chi connectivity index (χ1v) is 5.81. The highest BCUT2D eigenvalue weighted by molar-refractivity contribution is 6.12. The number of rotatable bonds is 4. The van der Waals surface area contributed by atoms with Crippen LogP contribution in [0.1, 0.15) is 15.9 Å². The van der Waals surface area contributed by atoms with Gasteiger partial charge in [0.05, 0.1) is 9.85 Å². The van der Waals surface area contributed by atoms with Crippen LogP contribution in [0.3, 0.4) is 0 Å². The summed E-state index contributed by atoms with van der Waals surface area (Å²) in [6, 6.07) is 6.62. The van der Waals surface area contributed by atoms with E-state index in [-0.39, 0.29) is 11.1 Å². The number of nitrogens with zero attached hydrogens (tertiary/aromatic N) is 2. The molecule has 0 spiro atoms. The number of nitro groups is 2. The Morgan fingerprint density at radius 3 is 2.14 bits per heavy atom. The number of hydrogen-bond acceptors (Lipinski definition) is 7. The van der Waals surface area contributed by atoms with Crippen LogP contribution in [0.5, 0.6) is 11.5 Å². The maximum atomic E-state index is 12.3. The van der Waals surface area contributed by atoms with Crippen LogP contribution in [0, 0.1) is 20.2 Å². The summed E-state index contributed by atoms with van der Waals surface area (Å²) >= 11 is 0. The van der Waals surface area contributed by atoms with Gasteiger partial charge in [0, 0.05) is 17.7 Å². The van der Waals surface area contributed by atoms with Gasteiger partial charge in [0.1, 0.15) is 5.56 Å². The molecule has 0 saturated heterocycles. The number of ketones is 1. The molecule has 0 aliphatic heterocycles. The van der Waals surface area contributed by atoms with Crippen molar-refractivity contribution in [2.45, 2.75) is 0 Å². The van der Waals surface area contributed by atoms with Crippen LogP contribution in [-0.4, -0.2) is 25.8 Å². The van der Waals surface area contributed by atoms with E-state index in [9.17, 15) is 35.2 Å². The van der Waals surface area contributed by atoms with E-state index in [2.05, 4.69) is 0 Å². The maximum absolute atomic E-state index is 12.3. The average Bonchev–Trinajstić information content (AvgIpc) is 2.48. The Balaban J connectivity index is 2.61. The molecular formula is C13H8N2O7. The van der Waals surface area contributed by atoms with Gasteiger partial charge in [-0.2, -0.15) is 0 Å². The molecule has 0 aromatic heterocycles. The molecule has 112 valence electrons. The Hall–Kier alpha value is -3.49. The molecule has 0 radical (unpaired) electrons. The highest BCUT2D eigenvalue weighted by Gasteiger charge is 2.25. The quantitative estimate of drug-likeness (QED) is 0.381. The molecule has 2 N–H and O–H groups in total. The Labute approximate surface area is 122 Å². The lowest BCUT2D eigenvalue weighted by atomic mass is 10.0. The standard InChI is InChI=1S/C13H8N2O7/c16-11-6-7(5-10(13(11)18)15(21)22)12(17)8-3-1-2-4-9(8)14(19)20/h1-6,16,18H. The van der Waals surface area contributed by atoms with E-state index in [4.69, 9.17) is 0 Å². The fourth-order valence-corrected chi connectivity index (χ4v) is 1.85. The molecule has 0 unspecified atom stereocenters. The highest BCUT2D eigenvalue weighted by Crippen LogP contribution is 2.37. The van der Waals surface area contributed by atoms with E-state index in [1.165, 1.54) is 18.2 Å². The van der Waals surface area contributed by atoms with Crippen LogP contribution in [0.15, 0.2) is 36.4 Å². The third-order valence-electron chi connectivity index (χ3n) is 2.87. The molecule has 0 heterocycles. The summed E-state index contributed by atoms with van der Waals surface area (Å²) in [7, 11) is 0. The molecule has 0 bridgehead atoms. The summed E-state index contributed by atoms with van der Waals surface area (Å²) in [6.45, 7) is 0. The first-order valence-electron chi connectivity index (χ1n) is 5.81. The van der Waals surface area contributed by atoms with Gasteiger partial charge in [0.15, 0.2) is 11.5 Å². The number of hydrogen-bond donors (Lipinski definition) is 2. The number of aromatic hydroxyl groups is 2. The Morgan fingerprint density at radius 1 is 0.955 bits per heavy atom. The number of phenols is 2. The number of benzene rings is 2. The second-order valence-corrected chi connectivity index (χ2v) is 4.22. The Morgan fingerprint density at radius 2 is 1.55 bits per heavy atom. The van der Waals surface area contributed by atoms with E-state index in [0.717, 1.165) is 18.2 Å². The SMILES string of the molecule is O=C(c1cc(O)c(O)c([N+](=O)[O-])c1)c1ccccc1[N+](=O)[O-]. The summed E-state index contributed by atoms with van der Waals surface area (Å²) in [5, 5.41) is 40.5. The number of para-hydroxylation sites is 1. The molecule has 0 fully saturated rings. The number of carbonyl (C=O) groups excluding carboxylic acids is 1. The number of phenolic OH excluding ortho intramolecular Hbond substituents is 2. The lowest BCUT2D eigenvalue weighted by Gasteiger charge is -2.05. The zero-order valence-corrected chi connectivity index (χ0v) is 10.8. The Kier molecular flexibility index (Phi) is 3.71. The largest absolute Gasteiger partial charge is 0.504 e. The maximum Gasteiger partial charge on any atom is 0.315 e. The molecule has 9 heteroatoms. The van der Waals surface area contributed by atoms with Gasteiger partial charge < -0.3 is 10.2 Å². The lowest BCUT2D eigenvalue weighted by Crippen LogP contribution is -2.06. The number of carbonyl (C=O) groups is 1. The predicted octanol–water partition coefficient (Wildman–Crippen LogP) is 2.15. The summed E-state index contributed by atoms with van der Waals surface area (Å²) in [5.41, 5.74) is -1.98. The summed E-state index contributed by atoms with van der Waals surface area (Å²) < 4.78 is 0. The van der Waals surface area contributed by atoms with Crippen molar-refractivity contribution in [3.8, 4) is 11.5 Å². The van der Waals surface area contributed by atoms with Crippen molar-refractivity contribution < 1.29 is 24.9 Å². The lowest BCUT2D eigenvalue weighted by molar-refractivity contribution is -0.386. The fourth-order valence-electron chi connectivity index (χ4n) is 1.85. The topological polar surface area (TPSA) is 144 Å². The smallest absolute Gasteiger partial charge is 0.315 e. The molecule has 0 amide bonds. The molecule has 2 rings (SSSR count). The first kappa shape index (κ1) is 14.9. The van der Waals surface area contributed by atoms with Crippen molar-refractivity contribution in [3.05, 3.63) is 67.8 Å². The van der Waals surface area contributed by atoms with Crippen LogP contribution >= 0.6 is 0 Å². The highest BCUT2D eigenvalue weighted by atomic mass is 16.6. The molecule has 0 saturated carbocycles. The van der Waals surface area contributed by atoms with E-state index in [0.29, 0.717) is 0 Å². The van der Waals surface area contributed by atoms with E-state index < -0.39 is 38.5 Å². The van der Waals surface area contributed by atoms with Crippen molar-refractivity contribution in [3.63, 3.8) is 0 Å². The second-order valence-electron chi connectivity index (χ2n) is 4.22. The van der Waals surface area contributed by atoms with Crippen LogP contribution < -0.4 is 0 Å². The zero-order valence-electron chi connectivity index (χ0n) is 10.8. The van der Waals surface area contributed by atoms with E-state index in [1.807, 2.05) is 0 Å². The molecule has 2 aromatic rings. The summed E-state index contributed by atoms with van der Waals surface area (Å²) in [4.78, 5) is 32.2. The minimum Gasteiger partial charge on any atom is -0.504 e. The molecular weight excluding hydrogens is 296 g/mol. The minimum absolute atomic E-state index is 0.285. The molecule has 0 atom stereocenters. The summed E-state index contributed by atoms with van der Waals surface area (Å²) in [6.07, 6.45) is 0. The fraction of sp³-hybridized carbons (Fsp3) is 0. The molecule has 22 heavy (non-hydrogen) atoms. The molecule has 0 aliphatic carbocycles. The zero-order chi connectivity index (χ0) is 16.4. The van der Waals surface area contributed by atoms with Crippen molar-refractivity contribution >= 4 is 17.2 Å². The normalized spacial score (nSPS) is 10.2. The first-order chi connectivity index (χ1) is 10.3. The van der Waals surface area contributed by atoms with Crippen molar-refractivity contribution in [2.75, 3.05) is 0 Å². The Bertz CT molecular complexity index is 801.